The van der Waals surface area contributed by atoms with Crippen LogP contribution in [0.15, 0.2) is 66.2 Å². The molecule has 1 aromatic carbocycles. The Morgan fingerprint density at radius 3 is 2.97 bits per heavy atom. The summed E-state index contributed by atoms with van der Waals surface area (Å²) in [6.07, 6.45) is 3.32. The van der Waals surface area contributed by atoms with Gasteiger partial charge in [-0.15, -0.1) is 0 Å². The van der Waals surface area contributed by atoms with Crippen LogP contribution in [0.4, 0.5) is 11.5 Å². The van der Waals surface area contributed by atoms with Crippen LogP contribution in [0.25, 0.3) is 10.9 Å². The number of nitrogens with one attached hydrogen (secondary N) is 3. The van der Waals surface area contributed by atoms with Crippen molar-refractivity contribution >= 4 is 28.6 Å². The van der Waals surface area contributed by atoms with Crippen LogP contribution in [0, 0.1) is 0 Å². The van der Waals surface area contributed by atoms with Gasteiger partial charge in [0.25, 0.3) is 0 Å². The Morgan fingerprint density at radius 2 is 2.14 bits per heavy atom. The highest BCUT2D eigenvalue weighted by atomic mass is 16.6. The molecule has 7 N–H and O–H groups in total. The van der Waals surface area contributed by atoms with Crippen LogP contribution in [0.3, 0.4) is 0 Å². The average Bonchev–Trinajstić information content (AvgIpc) is 2.74. The monoisotopic (exact) mass is 392 g/mol. The lowest BCUT2D eigenvalue weighted by molar-refractivity contribution is 0.149. The van der Waals surface area contributed by atoms with E-state index in [0.717, 1.165) is 16.5 Å². The third kappa shape index (κ3) is 5.81. The number of fused-ring (bicyclic) bond motifs is 1. The number of hydrogen-bond donors (Lipinski definition) is 5. The number of nitrogen functional groups attached to an aromatic ring is 1. The smallest absolute Gasteiger partial charge is 0.151 e. The Morgan fingerprint density at radius 1 is 1.24 bits per heavy atom. The topological polar surface area (TPSA) is 136 Å². The van der Waals surface area contributed by atoms with Gasteiger partial charge in [0.2, 0.25) is 0 Å². The van der Waals surface area contributed by atoms with E-state index in [4.69, 9.17) is 16.4 Å². The number of pyridine rings is 2. The quantitative estimate of drug-likeness (QED) is 0.153. The Bertz CT molecular complexity index is 1000. The lowest BCUT2D eigenvalue weighted by Gasteiger charge is -2.12. The van der Waals surface area contributed by atoms with Gasteiger partial charge < -0.3 is 26.6 Å². The maximum atomic E-state index is 5.60. The maximum absolute atomic E-state index is 5.60. The minimum atomic E-state index is 0.358. The van der Waals surface area contributed by atoms with Crippen LogP contribution < -0.4 is 27.6 Å². The molecule has 0 amide bonds. The Kier molecular flexibility index (Phi) is 6.80. The van der Waals surface area contributed by atoms with E-state index in [1.54, 1.807) is 12.3 Å². The first-order chi connectivity index (χ1) is 14.2. The lowest BCUT2D eigenvalue weighted by Crippen LogP contribution is -2.22. The fraction of sp³-hybridized carbons (Fsp3) is 0.150. The van der Waals surface area contributed by atoms with Gasteiger partial charge in [0.15, 0.2) is 5.82 Å². The number of aromatic nitrogens is 2. The van der Waals surface area contributed by atoms with Crippen LogP contribution >= 0.6 is 0 Å². The molecule has 0 unspecified atom stereocenters. The van der Waals surface area contributed by atoms with E-state index >= 15 is 0 Å². The van der Waals surface area contributed by atoms with Gasteiger partial charge in [-0.05, 0) is 35.9 Å². The molecule has 3 aromatic rings. The van der Waals surface area contributed by atoms with Crippen LogP contribution in [-0.4, -0.2) is 29.3 Å². The number of rotatable bonds is 10. The number of hydrogen-bond acceptors (Lipinski definition) is 9. The van der Waals surface area contributed by atoms with Gasteiger partial charge in [-0.2, -0.15) is 0 Å². The van der Waals surface area contributed by atoms with E-state index in [0.29, 0.717) is 42.7 Å². The fourth-order valence-corrected chi connectivity index (χ4v) is 2.62. The lowest BCUT2D eigenvalue weighted by atomic mass is 10.1. The van der Waals surface area contributed by atoms with Crippen molar-refractivity contribution < 1.29 is 4.84 Å². The standard InChI is InChI=1S/C20H24N8O/c1-14(21)23-9-10-29-26-13-17-5-7-19(28-22)20(27-17)25-12-15-4-6-18-16(11-15)3-2-8-24-18/h2-8,11,13,23,28H,1,9-10,12,21-22H2,(H,25,27)/b26-13+. The van der Waals surface area contributed by atoms with Crippen molar-refractivity contribution in [1.82, 2.24) is 15.3 Å². The molecule has 0 saturated heterocycles. The summed E-state index contributed by atoms with van der Waals surface area (Å²) >= 11 is 0. The summed E-state index contributed by atoms with van der Waals surface area (Å²) in [7, 11) is 0. The van der Waals surface area contributed by atoms with Gasteiger partial charge in [-0.25, -0.2) is 4.98 Å². The number of nitrogens with zero attached hydrogens (tertiary/aromatic N) is 3. The zero-order chi connectivity index (χ0) is 20.5. The zero-order valence-electron chi connectivity index (χ0n) is 15.9. The molecule has 0 radical (unpaired) electrons. The predicted molar refractivity (Wildman–Crippen MR) is 116 cm³/mol. The Hall–Kier alpha value is -3.85. The molecule has 150 valence electrons. The summed E-state index contributed by atoms with van der Waals surface area (Å²) in [6.45, 7) is 5.00. The molecule has 0 spiro atoms. The third-order valence-corrected chi connectivity index (χ3v) is 4.00. The van der Waals surface area contributed by atoms with Crippen molar-refractivity contribution in [3.63, 3.8) is 0 Å². The SMILES string of the molecule is C=C(N)NCCO/N=C/c1ccc(NN)c(NCc2ccc3ncccc3c2)n1. The molecular weight excluding hydrogens is 368 g/mol. The van der Waals surface area contributed by atoms with E-state index in [1.165, 1.54) is 6.21 Å². The summed E-state index contributed by atoms with van der Waals surface area (Å²) in [5, 5.41) is 11.1. The fourth-order valence-electron chi connectivity index (χ4n) is 2.62. The number of oxime groups is 1. The van der Waals surface area contributed by atoms with E-state index in [-0.39, 0.29) is 0 Å². The second kappa shape index (κ2) is 9.90. The van der Waals surface area contributed by atoms with Crippen molar-refractivity contribution in [3.8, 4) is 0 Å². The molecule has 0 bridgehead atoms. The summed E-state index contributed by atoms with van der Waals surface area (Å²) in [5.74, 6) is 6.61. The van der Waals surface area contributed by atoms with Gasteiger partial charge in [0, 0.05) is 18.1 Å². The Balaban J connectivity index is 1.62. The molecule has 9 nitrogen and oxygen atoms in total. The van der Waals surface area contributed by atoms with Crippen LogP contribution in [0.1, 0.15) is 11.3 Å². The van der Waals surface area contributed by atoms with Gasteiger partial charge in [0.05, 0.1) is 35.5 Å². The number of anilines is 2. The summed E-state index contributed by atoms with van der Waals surface area (Å²) < 4.78 is 0. The van der Waals surface area contributed by atoms with Crippen molar-refractivity contribution in [2.24, 2.45) is 16.7 Å². The van der Waals surface area contributed by atoms with Gasteiger partial charge in [-0.1, -0.05) is 23.9 Å². The first-order valence-electron chi connectivity index (χ1n) is 9.04. The van der Waals surface area contributed by atoms with Gasteiger partial charge >= 0.3 is 0 Å². The van der Waals surface area contributed by atoms with E-state index in [2.05, 4.69) is 43.8 Å². The largest absolute Gasteiger partial charge is 0.394 e. The Labute approximate surface area is 168 Å². The summed E-state index contributed by atoms with van der Waals surface area (Å²) in [4.78, 5) is 14.0. The van der Waals surface area contributed by atoms with E-state index < -0.39 is 0 Å². The highest BCUT2D eigenvalue weighted by molar-refractivity contribution is 5.80. The van der Waals surface area contributed by atoms with E-state index in [1.807, 2.05) is 30.3 Å². The van der Waals surface area contributed by atoms with Crippen LogP contribution in [0.2, 0.25) is 0 Å². The van der Waals surface area contributed by atoms with Crippen molar-refractivity contribution in [3.05, 3.63) is 72.3 Å². The van der Waals surface area contributed by atoms with Crippen LogP contribution in [0.5, 0.6) is 0 Å². The number of nitrogens with two attached hydrogens (primary N) is 2. The second-order valence-electron chi connectivity index (χ2n) is 6.18. The molecule has 0 atom stereocenters. The van der Waals surface area contributed by atoms with Gasteiger partial charge in [0.1, 0.15) is 6.61 Å². The van der Waals surface area contributed by atoms with Crippen molar-refractivity contribution in [1.29, 1.82) is 0 Å². The minimum absolute atomic E-state index is 0.358. The normalized spacial score (nSPS) is 10.8. The number of hydrazine groups is 1. The maximum Gasteiger partial charge on any atom is 0.151 e. The zero-order valence-corrected chi connectivity index (χ0v) is 15.9. The molecule has 2 heterocycles. The van der Waals surface area contributed by atoms with Crippen molar-refractivity contribution in [2.75, 3.05) is 23.9 Å². The number of benzene rings is 1. The molecule has 3 rings (SSSR count). The molecule has 0 saturated carbocycles. The highest BCUT2D eigenvalue weighted by Crippen LogP contribution is 2.20. The van der Waals surface area contributed by atoms with E-state index in [9.17, 15) is 0 Å². The van der Waals surface area contributed by atoms with Gasteiger partial charge in [-0.3, -0.25) is 10.8 Å². The van der Waals surface area contributed by atoms with Crippen LogP contribution in [-0.2, 0) is 11.4 Å². The molecule has 29 heavy (non-hydrogen) atoms. The second-order valence-corrected chi connectivity index (χ2v) is 6.18. The first-order valence-corrected chi connectivity index (χ1v) is 9.04. The molecule has 0 aliphatic carbocycles. The molecule has 0 fully saturated rings. The minimum Gasteiger partial charge on any atom is -0.394 e. The van der Waals surface area contributed by atoms with Crippen molar-refractivity contribution in [2.45, 2.75) is 6.54 Å². The predicted octanol–water partition coefficient (Wildman–Crippen LogP) is 1.90. The summed E-state index contributed by atoms with van der Waals surface area (Å²) in [5.41, 5.74) is 11.4. The summed E-state index contributed by atoms with van der Waals surface area (Å²) in [6, 6.07) is 13.7. The average molecular weight is 392 g/mol. The molecule has 0 aliphatic heterocycles. The third-order valence-electron chi connectivity index (χ3n) is 4.00. The molecule has 2 aromatic heterocycles. The highest BCUT2D eigenvalue weighted by Gasteiger charge is 2.05. The first kappa shape index (κ1) is 19.9. The molecule has 0 aliphatic rings. The molecule has 9 heteroatoms. The molecular formula is C20H24N8O.